The number of amides is 2. The van der Waals surface area contributed by atoms with Crippen molar-refractivity contribution in [1.29, 1.82) is 0 Å². The quantitative estimate of drug-likeness (QED) is 0.626. The molecule has 0 saturated carbocycles. The highest BCUT2D eigenvalue weighted by molar-refractivity contribution is 5.96. The molecule has 1 aliphatic rings. The fraction of sp³-hybridized carbons (Fsp3) is 0.412. The first-order valence-corrected chi connectivity index (χ1v) is 7.56. The average Bonchev–Trinajstić information content (AvgIpc) is 2.87. The maximum Gasteiger partial charge on any atom is 0.250 e. The van der Waals surface area contributed by atoms with Gasteiger partial charge in [0.05, 0.1) is 6.04 Å². The highest BCUT2D eigenvalue weighted by atomic mass is 16.5. The number of nitrogens with one attached hydrogen (secondary N) is 1. The first-order chi connectivity index (χ1) is 10.6. The Morgan fingerprint density at radius 3 is 2.86 bits per heavy atom. The second-order valence-corrected chi connectivity index (χ2v) is 5.56. The van der Waals surface area contributed by atoms with Crippen LogP contribution in [0.1, 0.15) is 43.4 Å². The molecule has 0 saturated heterocycles. The fourth-order valence-corrected chi connectivity index (χ4v) is 2.86. The topological polar surface area (TPSA) is 69.6 Å². The van der Waals surface area contributed by atoms with Gasteiger partial charge in [-0.2, -0.15) is 0 Å². The zero-order chi connectivity index (χ0) is 16.1. The first-order valence-electron chi connectivity index (χ1n) is 7.56. The summed E-state index contributed by atoms with van der Waals surface area (Å²) in [6.45, 7) is 4.68. The molecule has 2 amide bonds. The minimum absolute atomic E-state index is 0.0147. The SMILES string of the molecule is CCC(c1cccc(C)c1)N1CC=C(CCC(=O)NO)C1=O. The van der Waals surface area contributed by atoms with E-state index in [9.17, 15) is 9.59 Å². The minimum Gasteiger partial charge on any atom is -0.328 e. The summed E-state index contributed by atoms with van der Waals surface area (Å²) in [6.07, 6.45) is 3.19. The number of benzene rings is 1. The number of nitrogens with zero attached hydrogens (tertiary/aromatic N) is 1. The predicted molar refractivity (Wildman–Crippen MR) is 83.2 cm³/mol. The Kier molecular flexibility index (Phi) is 5.33. The van der Waals surface area contributed by atoms with Crippen molar-refractivity contribution in [2.45, 2.75) is 39.2 Å². The van der Waals surface area contributed by atoms with E-state index in [0.29, 0.717) is 18.5 Å². The molecule has 0 aliphatic carbocycles. The Hall–Kier alpha value is -2.14. The van der Waals surface area contributed by atoms with E-state index in [2.05, 4.69) is 13.0 Å². The Labute approximate surface area is 130 Å². The van der Waals surface area contributed by atoms with Gasteiger partial charge in [-0.1, -0.05) is 42.8 Å². The van der Waals surface area contributed by atoms with E-state index >= 15 is 0 Å². The third kappa shape index (κ3) is 3.54. The molecular formula is C17H22N2O3. The summed E-state index contributed by atoms with van der Waals surface area (Å²) >= 11 is 0. The van der Waals surface area contributed by atoms with Gasteiger partial charge in [0.15, 0.2) is 0 Å². The number of carbonyl (C=O) groups is 2. The second kappa shape index (κ2) is 7.22. The van der Waals surface area contributed by atoms with Crippen LogP contribution < -0.4 is 5.48 Å². The minimum atomic E-state index is -0.474. The van der Waals surface area contributed by atoms with Crippen LogP contribution in [0.2, 0.25) is 0 Å². The number of aryl methyl sites for hydroxylation is 1. The van der Waals surface area contributed by atoms with Crippen molar-refractivity contribution in [1.82, 2.24) is 10.4 Å². The monoisotopic (exact) mass is 302 g/mol. The summed E-state index contributed by atoms with van der Waals surface area (Å²) in [4.78, 5) is 25.5. The van der Waals surface area contributed by atoms with Gasteiger partial charge < -0.3 is 4.90 Å². The van der Waals surface area contributed by atoms with E-state index in [1.54, 1.807) is 5.48 Å². The molecule has 118 valence electrons. The number of hydrogen-bond acceptors (Lipinski definition) is 3. The van der Waals surface area contributed by atoms with E-state index in [0.717, 1.165) is 12.0 Å². The van der Waals surface area contributed by atoms with Crippen LogP contribution in [0.25, 0.3) is 0 Å². The molecule has 1 atom stereocenters. The zero-order valence-corrected chi connectivity index (χ0v) is 13.0. The molecule has 22 heavy (non-hydrogen) atoms. The van der Waals surface area contributed by atoms with E-state index in [-0.39, 0.29) is 18.4 Å². The summed E-state index contributed by atoms with van der Waals surface area (Å²) in [7, 11) is 0. The van der Waals surface area contributed by atoms with Crippen molar-refractivity contribution in [3.05, 3.63) is 47.0 Å². The molecular weight excluding hydrogens is 280 g/mol. The zero-order valence-electron chi connectivity index (χ0n) is 13.0. The molecule has 5 nitrogen and oxygen atoms in total. The van der Waals surface area contributed by atoms with E-state index in [1.807, 2.05) is 36.1 Å². The maximum atomic E-state index is 12.5. The Bertz CT molecular complexity index is 595. The maximum absolute atomic E-state index is 12.5. The van der Waals surface area contributed by atoms with Gasteiger partial charge in [-0.05, 0) is 25.3 Å². The van der Waals surface area contributed by atoms with Gasteiger partial charge in [-0.15, -0.1) is 0 Å². The van der Waals surface area contributed by atoms with Gasteiger partial charge in [0.25, 0.3) is 0 Å². The predicted octanol–water partition coefficient (Wildman–Crippen LogP) is 2.50. The Balaban J connectivity index is 2.07. The number of rotatable bonds is 6. The van der Waals surface area contributed by atoms with Crippen LogP contribution in [-0.2, 0) is 9.59 Å². The molecule has 0 fully saturated rings. The number of carbonyl (C=O) groups excluding carboxylic acids is 2. The van der Waals surface area contributed by atoms with Gasteiger partial charge in [0, 0.05) is 18.5 Å². The molecule has 1 unspecified atom stereocenters. The molecule has 1 aromatic carbocycles. The fourth-order valence-electron chi connectivity index (χ4n) is 2.86. The highest BCUT2D eigenvalue weighted by Crippen LogP contribution is 2.30. The van der Waals surface area contributed by atoms with Crippen LogP contribution in [-0.4, -0.2) is 28.5 Å². The molecule has 2 N–H and O–H groups in total. The van der Waals surface area contributed by atoms with Crippen LogP contribution in [0.3, 0.4) is 0 Å². The van der Waals surface area contributed by atoms with Crippen molar-refractivity contribution < 1.29 is 14.8 Å². The Morgan fingerprint density at radius 1 is 1.45 bits per heavy atom. The molecule has 5 heteroatoms. The Morgan fingerprint density at radius 2 is 2.23 bits per heavy atom. The van der Waals surface area contributed by atoms with E-state index in [4.69, 9.17) is 5.21 Å². The highest BCUT2D eigenvalue weighted by Gasteiger charge is 2.30. The van der Waals surface area contributed by atoms with E-state index in [1.165, 1.54) is 5.56 Å². The van der Waals surface area contributed by atoms with Crippen LogP contribution in [0, 0.1) is 6.92 Å². The lowest BCUT2D eigenvalue weighted by atomic mass is 10.0. The molecule has 1 heterocycles. The molecule has 1 aromatic rings. The standard InChI is InChI=1S/C17H22N2O3/c1-3-15(14-6-4-5-12(2)11-14)19-10-9-13(17(19)21)7-8-16(20)18-22/h4-6,9,11,15,22H,3,7-8,10H2,1-2H3,(H,18,20). The third-order valence-electron chi connectivity index (χ3n) is 4.01. The van der Waals surface area contributed by atoms with Crippen molar-refractivity contribution in [2.75, 3.05) is 6.54 Å². The van der Waals surface area contributed by atoms with Gasteiger partial charge in [-0.25, -0.2) is 5.48 Å². The largest absolute Gasteiger partial charge is 0.328 e. The average molecular weight is 302 g/mol. The molecule has 0 aromatic heterocycles. The van der Waals surface area contributed by atoms with Crippen LogP contribution in [0.4, 0.5) is 0 Å². The molecule has 0 bridgehead atoms. The summed E-state index contributed by atoms with van der Waals surface area (Å²) in [5.41, 5.74) is 4.55. The van der Waals surface area contributed by atoms with Crippen LogP contribution >= 0.6 is 0 Å². The van der Waals surface area contributed by atoms with Gasteiger partial charge >= 0.3 is 0 Å². The van der Waals surface area contributed by atoms with Crippen molar-refractivity contribution in [3.8, 4) is 0 Å². The van der Waals surface area contributed by atoms with Gasteiger partial charge in [-0.3, -0.25) is 14.8 Å². The second-order valence-electron chi connectivity index (χ2n) is 5.56. The summed E-state index contributed by atoms with van der Waals surface area (Å²) in [6, 6.07) is 8.25. The van der Waals surface area contributed by atoms with Crippen molar-refractivity contribution in [2.24, 2.45) is 0 Å². The van der Waals surface area contributed by atoms with Crippen LogP contribution in [0.15, 0.2) is 35.9 Å². The molecule has 0 radical (unpaired) electrons. The summed E-state index contributed by atoms with van der Waals surface area (Å²) < 4.78 is 0. The van der Waals surface area contributed by atoms with Crippen molar-refractivity contribution in [3.63, 3.8) is 0 Å². The van der Waals surface area contributed by atoms with Gasteiger partial charge in [0.2, 0.25) is 11.8 Å². The molecule has 1 aliphatic heterocycles. The summed E-state index contributed by atoms with van der Waals surface area (Å²) in [5.74, 6) is -0.489. The normalized spacial score (nSPS) is 15.7. The van der Waals surface area contributed by atoms with Gasteiger partial charge in [0.1, 0.15) is 0 Å². The lowest BCUT2D eigenvalue weighted by Crippen LogP contribution is -2.31. The lowest BCUT2D eigenvalue weighted by molar-refractivity contribution is -0.129. The number of hydrogen-bond donors (Lipinski definition) is 2. The molecule has 2 rings (SSSR count). The third-order valence-corrected chi connectivity index (χ3v) is 4.01. The summed E-state index contributed by atoms with van der Waals surface area (Å²) in [5, 5.41) is 8.51. The smallest absolute Gasteiger partial charge is 0.250 e. The van der Waals surface area contributed by atoms with Crippen molar-refractivity contribution >= 4 is 11.8 Å². The number of hydroxylamine groups is 1. The first kappa shape index (κ1) is 16.2. The lowest BCUT2D eigenvalue weighted by Gasteiger charge is -2.28. The van der Waals surface area contributed by atoms with E-state index < -0.39 is 5.91 Å². The molecule has 0 spiro atoms. The van der Waals surface area contributed by atoms with Crippen LogP contribution in [0.5, 0.6) is 0 Å².